The van der Waals surface area contributed by atoms with Crippen molar-refractivity contribution in [2.75, 3.05) is 26.2 Å². The molecule has 4 rings (SSSR count). The summed E-state index contributed by atoms with van der Waals surface area (Å²) in [6, 6.07) is 9.39. The molecule has 1 amide bonds. The van der Waals surface area contributed by atoms with Gasteiger partial charge in [0, 0.05) is 30.9 Å². The number of likely N-dealkylation sites (tertiary alicyclic amines) is 2. The molecule has 2 aliphatic heterocycles. The van der Waals surface area contributed by atoms with Crippen molar-refractivity contribution < 1.29 is 4.79 Å². The van der Waals surface area contributed by atoms with Gasteiger partial charge < -0.3 is 15.2 Å². The first-order valence-corrected chi connectivity index (χ1v) is 11.0. The van der Waals surface area contributed by atoms with Gasteiger partial charge in [0.2, 0.25) is 5.91 Å². The van der Waals surface area contributed by atoms with Gasteiger partial charge in [0.05, 0.1) is 6.54 Å². The van der Waals surface area contributed by atoms with Crippen LogP contribution in [0.4, 0.5) is 0 Å². The van der Waals surface area contributed by atoms with Gasteiger partial charge in [-0.25, -0.2) is 4.98 Å². The van der Waals surface area contributed by atoms with Crippen molar-refractivity contribution in [2.45, 2.75) is 51.7 Å². The predicted molar refractivity (Wildman–Crippen MR) is 114 cm³/mol. The van der Waals surface area contributed by atoms with Crippen LogP contribution in [0.5, 0.6) is 0 Å². The van der Waals surface area contributed by atoms with Crippen LogP contribution in [-0.4, -0.2) is 57.9 Å². The minimum absolute atomic E-state index is 0.141. The average molecular weight is 396 g/mol. The number of carbonyl (C=O) groups is 1. The van der Waals surface area contributed by atoms with Crippen LogP contribution >= 0.6 is 0 Å². The molecule has 2 aliphatic rings. The summed E-state index contributed by atoms with van der Waals surface area (Å²) in [6.45, 7) is 8.19. The maximum atomic E-state index is 12.4. The van der Waals surface area contributed by atoms with Crippen molar-refractivity contribution >= 4 is 5.91 Å². The summed E-state index contributed by atoms with van der Waals surface area (Å²) in [7, 11) is 0. The van der Waals surface area contributed by atoms with Gasteiger partial charge in [-0.15, -0.1) is 0 Å². The number of benzene rings is 1. The molecule has 2 N–H and O–H groups in total. The lowest BCUT2D eigenvalue weighted by atomic mass is 9.92. The van der Waals surface area contributed by atoms with Crippen molar-refractivity contribution in [3.8, 4) is 0 Å². The molecule has 6 nitrogen and oxygen atoms in total. The third kappa shape index (κ3) is 5.25. The van der Waals surface area contributed by atoms with Crippen molar-refractivity contribution in [3.63, 3.8) is 0 Å². The van der Waals surface area contributed by atoms with Crippen LogP contribution < -0.4 is 5.32 Å². The minimum Gasteiger partial charge on any atom is -0.349 e. The van der Waals surface area contributed by atoms with E-state index in [1.54, 1.807) is 12.4 Å². The quantitative estimate of drug-likeness (QED) is 0.789. The van der Waals surface area contributed by atoms with Gasteiger partial charge in [0.15, 0.2) is 0 Å². The van der Waals surface area contributed by atoms with Gasteiger partial charge in [-0.05, 0) is 69.9 Å². The Morgan fingerprint density at radius 2 is 1.90 bits per heavy atom. The van der Waals surface area contributed by atoms with Gasteiger partial charge in [-0.1, -0.05) is 24.3 Å². The molecule has 2 saturated heterocycles. The molecule has 156 valence electrons. The Labute approximate surface area is 173 Å². The molecular weight excluding hydrogens is 362 g/mol. The van der Waals surface area contributed by atoms with E-state index in [2.05, 4.69) is 56.3 Å². The zero-order chi connectivity index (χ0) is 20.1. The molecule has 0 radical (unpaired) electrons. The van der Waals surface area contributed by atoms with E-state index in [-0.39, 0.29) is 11.8 Å². The number of piperidine rings is 2. The first-order chi connectivity index (χ1) is 14.2. The van der Waals surface area contributed by atoms with E-state index in [1.165, 1.54) is 37.1 Å². The molecule has 1 aromatic carbocycles. The minimum atomic E-state index is 0.141. The van der Waals surface area contributed by atoms with E-state index in [0.29, 0.717) is 12.6 Å². The second-order valence-electron chi connectivity index (χ2n) is 8.50. The fourth-order valence-electron chi connectivity index (χ4n) is 4.71. The fourth-order valence-corrected chi connectivity index (χ4v) is 4.71. The monoisotopic (exact) mass is 395 g/mol. The number of imidazole rings is 1. The standard InChI is InChI=1S/C23H33N5O/c1-18-4-2-3-5-20(18)17-27-12-8-21(9-13-27)28-14-6-19(7-15-28)23(29)26-16-22-24-10-11-25-22/h2-5,10-11,19,21H,6-9,12-17H2,1H3,(H,24,25)(H,26,29). The van der Waals surface area contributed by atoms with Gasteiger partial charge in [0.25, 0.3) is 0 Å². The number of hydrogen-bond donors (Lipinski definition) is 2. The Bertz CT molecular complexity index is 774. The largest absolute Gasteiger partial charge is 0.349 e. The second kappa shape index (κ2) is 9.55. The normalized spacial score (nSPS) is 20.0. The first kappa shape index (κ1) is 20.1. The van der Waals surface area contributed by atoms with Crippen LogP contribution in [-0.2, 0) is 17.9 Å². The van der Waals surface area contributed by atoms with E-state index >= 15 is 0 Å². The average Bonchev–Trinajstić information content (AvgIpc) is 3.28. The van der Waals surface area contributed by atoms with Crippen LogP contribution in [0.3, 0.4) is 0 Å². The molecule has 0 saturated carbocycles. The lowest BCUT2D eigenvalue weighted by molar-refractivity contribution is -0.126. The number of aromatic amines is 1. The summed E-state index contributed by atoms with van der Waals surface area (Å²) < 4.78 is 0. The third-order valence-electron chi connectivity index (χ3n) is 6.61. The van der Waals surface area contributed by atoms with Gasteiger partial charge in [0.1, 0.15) is 5.82 Å². The van der Waals surface area contributed by atoms with Crippen LogP contribution in [0, 0.1) is 12.8 Å². The first-order valence-electron chi connectivity index (χ1n) is 11.0. The molecule has 3 heterocycles. The summed E-state index contributed by atoms with van der Waals surface area (Å²) in [5.74, 6) is 1.13. The zero-order valence-corrected chi connectivity index (χ0v) is 17.4. The molecule has 0 atom stereocenters. The molecule has 0 bridgehead atoms. The maximum absolute atomic E-state index is 12.4. The van der Waals surface area contributed by atoms with E-state index in [0.717, 1.165) is 38.3 Å². The molecule has 29 heavy (non-hydrogen) atoms. The number of carbonyl (C=O) groups excluding carboxylic acids is 1. The molecule has 1 aromatic heterocycles. The summed E-state index contributed by atoms with van der Waals surface area (Å²) in [5, 5.41) is 3.02. The number of rotatable bonds is 6. The maximum Gasteiger partial charge on any atom is 0.223 e. The molecule has 0 spiro atoms. The van der Waals surface area contributed by atoms with Crippen molar-refractivity contribution in [2.24, 2.45) is 5.92 Å². The predicted octanol–water partition coefficient (Wildman–Crippen LogP) is 2.71. The number of hydrogen-bond acceptors (Lipinski definition) is 4. The molecular formula is C23H33N5O. The number of nitrogens with zero attached hydrogens (tertiary/aromatic N) is 3. The second-order valence-corrected chi connectivity index (χ2v) is 8.50. The highest BCUT2D eigenvalue weighted by Gasteiger charge is 2.30. The number of aromatic nitrogens is 2. The number of nitrogens with one attached hydrogen (secondary N) is 2. The van der Waals surface area contributed by atoms with Gasteiger partial charge >= 0.3 is 0 Å². The van der Waals surface area contributed by atoms with E-state index < -0.39 is 0 Å². The zero-order valence-electron chi connectivity index (χ0n) is 17.4. The summed E-state index contributed by atoms with van der Waals surface area (Å²) in [5.41, 5.74) is 2.84. The van der Waals surface area contributed by atoms with E-state index in [9.17, 15) is 4.79 Å². The SMILES string of the molecule is Cc1ccccc1CN1CCC(N2CCC(C(=O)NCc3ncc[nH]3)CC2)CC1. The van der Waals surface area contributed by atoms with Crippen LogP contribution in [0.1, 0.15) is 42.6 Å². The molecule has 0 aliphatic carbocycles. The van der Waals surface area contributed by atoms with Crippen LogP contribution in [0.15, 0.2) is 36.7 Å². The number of H-pyrrole nitrogens is 1. The number of aryl methyl sites for hydroxylation is 1. The Balaban J connectivity index is 1.18. The van der Waals surface area contributed by atoms with Gasteiger partial charge in [-0.2, -0.15) is 0 Å². The summed E-state index contributed by atoms with van der Waals surface area (Å²) in [6.07, 6.45) is 7.90. The van der Waals surface area contributed by atoms with Crippen molar-refractivity contribution in [1.29, 1.82) is 0 Å². The van der Waals surface area contributed by atoms with Crippen molar-refractivity contribution in [3.05, 3.63) is 53.6 Å². The lowest BCUT2D eigenvalue weighted by Crippen LogP contribution is -2.49. The molecule has 2 aromatic rings. The van der Waals surface area contributed by atoms with E-state index in [1.807, 2.05) is 0 Å². The number of amides is 1. The summed E-state index contributed by atoms with van der Waals surface area (Å²) >= 11 is 0. The fraction of sp³-hybridized carbons (Fsp3) is 0.565. The molecule has 2 fully saturated rings. The smallest absolute Gasteiger partial charge is 0.223 e. The highest BCUT2D eigenvalue weighted by molar-refractivity contribution is 5.78. The van der Waals surface area contributed by atoms with Crippen LogP contribution in [0.25, 0.3) is 0 Å². The van der Waals surface area contributed by atoms with Crippen LogP contribution in [0.2, 0.25) is 0 Å². The Kier molecular flexibility index (Phi) is 6.62. The Morgan fingerprint density at radius 1 is 1.14 bits per heavy atom. The Morgan fingerprint density at radius 3 is 2.59 bits per heavy atom. The summed E-state index contributed by atoms with van der Waals surface area (Å²) in [4.78, 5) is 24.9. The highest BCUT2D eigenvalue weighted by Crippen LogP contribution is 2.25. The highest BCUT2D eigenvalue weighted by atomic mass is 16.1. The van der Waals surface area contributed by atoms with E-state index in [4.69, 9.17) is 0 Å². The molecule has 6 heteroatoms. The van der Waals surface area contributed by atoms with Crippen molar-refractivity contribution in [1.82, 2.24) is 25.1 Å². The third-order valence-corrected chi connectivity index (χ3v) is 6.61. The van der Waals surface area contributed by atoms with Gasteiger partial charge in [-0.3, -0.25) is 9.69 Å². The topological polar surface area (TPSA) is 64.3 Å². The lowest BCUT2D eigenvalue weighted by Gasteiger charge is -2.41. The molecule has 0 unspecified atom stereocenters. The Hall–Kier alpha value is -2.18.